The molecular weight excluding hydrogens is 677 g/mol. The molecule has 16 heteroatoms. The van der Waals surface area contributed by atoms with Gasteiger partial charge in [0.1, 0.15) is 17.4 Å². The van der Waals surface area contributed by atoms with Crippen LogP contribution in [0.1, 0.15) is 54.9 Å². The summed E-state index contributed by atoms with van der Waals surface area (Å²) in [6.45, 7) is 4.33. The Balaban J connectivity index is 0.00000600. The maximum Gasteiger partial charge on any atom is 0.319 e. The van der Waals surface area contributed by atoms with Gasteiger partial charge in [-0.05, 0) is 68.1 Å². The molecule has 0 aliphatic carbocycles. The van der Waals surface area contributed by atoms with E-state index >= 15 is 0 Å². The number of unbranched alkanes of at least 4 members (excludes halogenated alkanes) is 1. The lowest BCUT2D eigenvalue weighted by molar-refractivity contribution is 0.0996. The largest absolute Gasteiger partial charge is 0.437 e. The fourth-order valence-electron chi connectivity index (χ4n) is 5.32. The second kappa shape index (κ2) is 16.9. The van der Waals surface area contributed by atoms with Crippen LogP contribution in [0.2, 0.25) is 5.02 Å². The Kier molecular flexibility index (Phi) is 13.6. The van der Waals surface area contributed by atoms with Crippen molar-refractivity contribution in [2.45, 2.75) is 51.6 Å². The molecule has 1 aliphatic heterocycles. The first-order chi connectivity index (χ1) is 21.8. The molecule has 2 heterocycles. The van der Waals surface area contributed by atoms with Gasteiger partial charge in [-0.3, -0.25) is 14.4 Å². The molecule has 47 heavy (non-hydrogen) atoms. The molecular formula is C31H38Cl2F2N6O5S. The maximum absolute atomic E-state index is 14.3. The highest BCUT2D eigenvalue weighted by atomic mass is 35.5. The van der Waals surface area contributed by atoms with Gasteiger partial charge in [0.05, 0.1) is 28.2 Å². The number of benzene rings is 2. The lowest BCUT2D eigenvalue weighted by atomic mass is 9.86. The zero-order chi connectivity index (χ0) is 33.4. The number of anilines is 2. The van der Waals surface area contributed by atoms with E-state index in [4.69, 9.17) is 22.1 Å². The lowest BCUT2D eigenvalue weighted by Crippen LogP contribution is -2.46. The Hall–Kier alpha value is -3.72. The number of pyridine rings is 1. The van der Waals surface area contributed by atoms with E-state index in [1.807, 2.05) is 6.07 Å². The number of nitrogens with two attached hydrogens (primary N) is 1. The Morgan fingerprint density at radius 1 is 1.13 bits per heavy atom. The zero-order valence-corrected chi connectivity index (χ0v) is 28.3. The molecule has 1 saturated heterocycles. The molecule has 4 rings (SSSR count). The number of hydrogen-bond donors (Lipinski definition) is 4. The number of likely N-dealkylation sites (tertiary alicyclic amines) is 1. The minimum Gasteiger partial charge on any atom is -0.437 e. The summed E-state index contributed by atoms with van der Waals surface area (Å²) in [4.78, 5) is 31.0. The summed E-state index contributed by atoms with van der Waals surface area (Å²) in [7, 11) is -3.43. The van der Waals surface area contributed by atoms with Gasteiger partial charge in [-0.25, -0.2) is 27.0 Å². The number of hydrogen-bond acceptors (Lipinski definition) is 7. The number of carbonyl (C=O) groups is 2. The molecule has 3 aromatic rings. The van der Waals surface area contributed by atoms with Gasteiger partial charge in [-0.1, -0.05) is 37.4 Å². The van der Waals surface area contributed by atoms with Crippen molar-refractivity contribution in [1.29, 1.82) is 0 Å². The van der Waals surface area contributed by atoms with Crippen LogP contribution >= 0.6 is 24.0 Å². The van der Waals surface area contributed by atoms with E-state index in [0.717, 1.165) is 63.1 Å². The topological polar surface area (TPSA) is 156 Å². The molecule has 1 atom stereocenters. The van der Waals surface area contributed by atoms with Crippen LogP contribution in [0.4, 0.5) is 25.0 Å². The SMILES string of the molecule is CCCCC(NC(=O)Nc1cc(C(N)=O)c(F)cc1F)C1CCN(Cc2ccc(Oc3ccc(NS(C)(=O)=O)cc3Cl)nc2)CC1.Cl. The molecule has 1 aromatic heterocycles. The molecule has 5 N–H and O–H groups in total. The van der Waals surface area contributed by atoms with Gasteiger partial charge in [-0.2, -0.15) is 0 Å². The Morgan fingerprint density at radius 3 is 2.45 bits per heavy atom. The Bertz CT molecular complexity index is 1660. The van der Waals surface area contributed by atoms with Gasteiger partial charge in [0.25, 0.3) is 5.91 Å². The Labute approximate surface area is 284 Å². The summed E-state index contributed by atoms with van der Waals surface area (Å²) in [6.07, 6.45) is 7.04. The van der Waals surface area contributed by atoms with Crippen molar-refractivity contribution in [2.75, 3.05) is 29.4 Å². The highest BCUT2D eigenvalue weighted by Crippen LogP contribution is 2.32. The van der Waals surface area contributed by atoms with Crippen LogP contribution < -0.4 is 25.8 Å². The first-order valence-electron chi connectivity index (χ1n) is 14.8. The number of aromatic nitrogens is 1. The number of sulfonamides is 1. The van der Waals surface area contributed by atoms with Crippen LogP contribution in [0, 0.1) is 17.6 Å². The van der Waals surface area contributed by atoms with Crippen LogP contribution in [0.3, 0.4) is 0 Å². The smallest absolute Gasteiger partial charge is 0.319 e. The molecule has 0 spiro atoms. The van der Waals surface area contributed by atoms with Crippen LogP contribution in [-0.4, -0.2) is 55.6 Å². The average molecular weight is 716 g/mol. The summed E-state index contributed by atoms with van der Waals surface area (Å²) in [6, 6.07) is 8.83. The summed E-state index contributed by atoms with van der Waals surface area (Å²) in [5, 5.41) is 5.58. The molecule has 1 unspecified atom stereocenters. The molecule has 0 saturated carbocycles. The normalized spacial score (nSPS) is 14.5. The van der Waals surface area contributed by atoms with Crippen molar-refractivity contribution >= 4 is 57.3 Å². The molecule has 0 radical (unpaired) electrons. The van der Waals surface area contributed by atoms with E-state index in [0.29, 0.717) is 29.9 Å². The lowest BCUT2D eigenvalue weighted by Gasteiger charge is -2.36. The molecule has 3 amide bonds. The van der Waals surface area contributed by atoms with E-state index < -0.39 is 39.2 Å². The summed E-state index contributed by atoms with van der Waals surface area (Å²) in [5.41, 5.74) is 5.62. The number of rotatable bonds is 13. The van der Waals surface area contributed by atoms with Gasteiger partial charge in [0, 0.05) is 30.9 Å². The van der Waals surface area contributed by atoms with Crippen LogP contribution in [0.15, 0.2) is 48.7 Å². The summed E-state index contributed by atoms with van der Waals surface area (Å²) >= 11 is 6.26. The number of halogens is 4. The fourth-order valence-corrected chi connectivity index (χ4v) is 6.09. The van der Waals surface area contributed by atoms with Gasteiger partial charge in [-0.15, -0.1) is 12.4 Å². The molecule has 0 bridgehead atoms. The third-order valence-electron chi connectivity index (χ3n) is 7.61. The quantitative estimate of drug-likeness (QED) is 0.162. The number of nitrogens with one attached hydrogen (secondary N) is 3. The zero-order valence-electron chi connectivity index (χ0n) is 25.9. The van der Waals surface area contributed by atoms with E-state index in [1.165, 1.54) is 6.07 Å². The van der Waals surface area contributed by atoms with Crippen molar-refractivity contribution in [3.05, 3.63) is 76.4 Å². The molecule has 2 aromatic carbocycles. The predicted molar refractivity (Wildman–Crippen MR) is 180 cm³/mol. The second-order valence-corrected chi connectivity index (χ2v) is 13.4. The van der Waals surface area contributed by atoms with Crippen molar-refractivity contribution in [3.63, 3.8) is 0 Å². The molecule has 11 nitrogen and oxygen atoms in total. The predicted octanol–water partition coefficient (Wildman–Crippen LogP) is 6.29. The van der Waals surface area contributed by atoms with Crippen molar-refractivity contribution in [3.8, 4) is 11.6 Å². The van der Waals surface area contributed by atoms with Crippen LogP contribution in [0.25, 0.3) is 0 Å². The summed E-state index contributed by atoms with van der Waals surface area (Å²) in [5.74, 6) is -2.30. The number of amides is 3. The fraction of sp³-hybridized carbons (Fsp3) is 0.387. The van der Waals surface area contributed by atoms with E-state index in [-0.39, 0.29) is 35.1 Å². The van der Waals surface area contributed by atoms with E-state index in [9.17, 15) is 26.8 Å². The second-order valence-electron chi connectivity index (χ2n) is 11.3. The van der Waals surface area contributed by atoms with Crippen molar-refractivity contribution in [2.24, 2.45) is 11.7 Å². The van der Waals surface area contributed by atoms with E-state index in [1.54, 1.807) is 24.4 Å². The Morgan fingerprint density at radius 2 is 1.85 bits per heavy atom. The number of nitrogens with zero attached hydrogens (tertiary/aromatic N) is 2. The number of urea groups is 1. The minimum absolute atomic E-state index is 0. The highest BCUT2D eigenvalue weighted by Gasteiger charge is 2.28. The van der Waals surface area contributed by atoms with Gasteiger partial charge in [0.15, 0.2) is 0 Å². The van der Waals surface area contributed by atoms with Gasteiger partial charge < -0.3 is 21.1 Å². The molecule has 1 aliphatic rings. The third kappa shape index (κ3) is 11.2. The van der Waals surface area contributed by atoms with Gasteiger partial charge in [0.2, 0.25) is 15.9 Å². The monoisotopic (exact) mass is 714 g/mol. The highest BCUT2D eigenvalue weighted by molar-refractivity contribution is 7.92. The third-order valence-corrected chi connectivity index (χ3v) is 8.51. The summed E-state index contributed by atoms with van der Waals surface area (Å²) < 4.78 is 59.1. The van der Waals surface area contributed by atoms with Crippen LogP contribution in [-0.2, 0) is 16.6 Å². The number of carbonyl (C=O) groups excluding carboxylic acids is 2. The number of piperidine rings is 1. The first-order valence-corrected chi connectivity index (χ1v) is 17.1. The first kappa shape index (κ1) is 37.7. The standard InChI is InChI=1S/C31H37ClF2N6O5S.ClH/c1-3-4-5-26(37-31(42)38-27-15-22(30(35)41)24(33)16-25(27)34)20-10-12-40(13-11-20)18-19-6-9-29(36-17-19)45-28-8-7-21(14-23(28)32)39-46(2,43)44;/h6-9,14-17,20,26,39H,3-5,10-13,18H2,1-2H3,(H2,35,41)(H2,37,38,42);1H. The maximum atomic E-state index is 14.3. The van der Waals surface area contributed by atoms with Crippen molar-refractivity contribution in [1.82, 2.24) is 15.2 Å². The molecule has 256 valence electrons. The van der Waals surface area contributed by atoms with E-state index in [2.05, 4.69) is 32.2 Å². The average Bonchev–Trinajstić information content (AvgIpc) is 2.98. The van der Waals surface area contributed by atoms with Crippen LogP contribution in [0.5, 0.6) is 11.6 Å². The number of primary amides is 1. The molecule has 1 fully saturated rings. The van der Waals surface area contributed by atoms with Crippen molar-refractivity contribution < 1.29 is 31.5 Å². The van der Waals surface area contributed by atoms with Gasteiger partial charge >= 0.3 is 6.03 Å². The minimum atomic E-state index is -3.43. The number of ether oxygens (including phenoxy) is 1.